The maximum Gasteiger partial charge on any atom is 0.148 e. The van der Waals surface area contributed by atoms with Crippen molar-refractivity contribution in [1.29, 1.82) is 5.26 Å². The molecule has 0 saturated heterocycles. The van der Waals surface area contributed by atoms with E-state index in [1.54, 1.807) is 18.4 Å². The SMILES string of the molecule is N#Cc1ccc(-c2occc2Br)cc1. The molecule has 1 heterocycles. The molecule has 0 aliphatic carbocycles. The zero-order valence-corrected chi connectivity index (χ0v) is 8.78. The van der Waals surface area contributed by atoms with Crippen molar-refractivity contribution in [2.45, 2.75) is 0 Å². The van der Waals surface area contributed by atoms with Crippen LogP contribution < -0.4 is 0 Å². The van der Waals surface area contributed by atoms with Crippen LogP contribution in [0.2, 0.25) is 0 Å². The van der Waals surface area contributed by atoms with Crippen molar-refractivity contribution >= 4 is 15.9 Å². The number of benzene rings is 1. The summed E-state index contributed by atoms with van der Waals surface area (Å²) in [5.41, 5.74) is 1.61. The predicted molar refractivity (Wildman–Crippen MR) is 56.6 cm³/mol. The molecule has 0 saturated carbocycles. The van der Waals surface area contributed by atoms with Gasteiger partial charge < -0.3 is 4.42 Å². The molecule has 3 heteroatoms. The third-order valence-electron chi connectivity index (χ3n) is 1.89. The molecule has 0 spiro atoms. The Balaban J connectivity index is 2.45. The van der Waals surface area contributed by atoms with Crippen LogP contribution in [0.1, 0.15) is 5.56 Å². The van der Waals surface area contributed by atoms with Gasteiger partial charge in [-0.05, 0) is 46.3 Å². The van der Waals surface area contributed by atoms with Crippen molar-refractivity contribution in [3.8, 4) is 17.4 Å². The second kappa shape index (κ2) is 3.69. The first-order chi connectivity index (χ1) is 6.81. The lowest BCUT2D eigenvalue weighted by Gasteiger charge is -1.97. The van der Waals surface area contributed by atoms with Crippen LogP contribution in [0.4, 0.5) is 0 Å². The van der Waals surface area contributed by atoms with Crippen LogP contribution in [0.15, 0.2) is 45.5 Å². The average Bonchev–Trinajstić information content (AvgIpc) is 2.65. The number of nitriles is 1. The van der Waals surface area contributed by atoms with Crippen LogP contribution in [0.3, 0.4) is 0 Å². The number of hydrogen-bond donors (Lipinski definition) is 0. The third-order valence-corrected chi connectivity index (χ3v) is 2.52. The molecule has 14 heavy (non-hydrogen) atoms. The summed E-state index contributed by atoms with van der Waals surface area (Å²) in [6, 6.07) is 11.2. The molecule has 1 aromatic carbocycles. The van der Waals surface area contributed by atoms with E-state index in [-0.39, 0.29) is 0 Å². The van der Waals surface area contributed by atoms with Crippen molar-refractivity contribution in [3.05, 3.63) is 46.6 Å². The average molecular weight is 248 g/mol. The monoisotopic (exact) mass is 247 g/mol. The van der Waals surface area contributed by atoms with Gasteiger partial charge in [0, 0.05) is 5.56 Å². The van der Waals surface area contributed by atoms with Gasteiger partial charge in [-0.15, -0.1) is 0 Å². The van der Waals surface area contributed by atoms with Crippen LogP contribution >= 0.6 is 15.9 Å². The smallest absolute Gasteiger partial charge is 0.148 e. The first kappa shape index (κ1) is 9.04. The Morgan fingerprint density at radius 3 is 2.36 bits per heavy atom. The Morgan fingerprint density at radius 1 is 1.14 bits per heavy atom. The van der Waals surface area contributed by atoms with Gasteiger partial charge in [0.15, 0.2) is 0 Å². The van der Waals surface area contributed by atoms with Crippen LogP contribution in [0.25, 0.3) is 11.3 Å². The van der Waals surface area contributed by atoms with E-state index < -0.39 is 0 Å². The van der Waals surface area contributed by atoms with E-state index in [0.717, 1.165) is 15.8 Å². The Bertz CT molecular complexity index is 479. The lowest BCUT2D eigenvalue weighted by atomic mass is 10.1. The van der Waals surface area contributed by atoms with E-state index in [1.165, 1.54) is 0 Å². The van der Waals surface area contributed by atoms with Gasteiger partial charge in [0.25, 0.3) is 0 Å². The van der Waals surface area contributed by atoms with Crippen LogP contribution in [-0.4, -0.2) is 0 Å². The number of hydrogen-bond acceptors (Lipinski definition) is 2. The van der Waals surface area contributed by atoms with E-state index in [4.69, 9.17) is 9.68 Å². The van der Waals surface area contributed by atoms with E-state index >= 15 is 0 Å². The van der Waals surface area contributed by atoms with Crippen molar-refractivity contribution < 1.29 is 4.42 Å². The Labute approximate surface area is 89.9 Å². The molecule has 0 atom stereocenters. The highest BCUT2D eigenvalue weighted by atomic mass is 79.9. The third kappa shape index (κ3) is 1.57. The second-order valence-electron chi connectivity index (χ2n) is 2.79. The molecule has 1 aromatic heterocycles. The van der Waals surface area contributed by atoms with E-state index in [2.05, 4.69) is 22.0 Å². The lowest BCUT2D eigenvalue weighted by Crippen LogP contribution is -1.76. The van der Waals surface area contributed by atoms with E-state index in [1.807, 2.05) is 18.2 Å². The maximum atomic E-state index is 8.63. The van der Waals surface area contributed by atoms with Gasteiger partial charge in [-0.3, -0.25) is 0 Å². The predicted octanol–water partition coefficient (Wildman–Crippen LogP) is 3.58. The summed E-state index contributed by atoms with van der Waals surface area (Å²) in [7, 11) is 0. The molecular weight excluding hydrogens is 242 g/mol. The fourth-order valence-electron chi connectivity index (χ4n) is 1.20. The summed E-state index contributed by atoms with van der Waals surface area (Å²) >= 11 is 3.38. The molecule has 0 N–H and O–H groups in total. The minimum Gasteiger partial charge on any atom is -0.463 e. The minimum absolute atomic E-state index is 0.649. The van der Waals surface area contributed by atoms with Gasteiger partial charge in [0.1, 0.15) is 5.76 Å². The molecule has 2 nitrogen and oxygen atoms in total. The molecule has 0 radical (unpaired) electrons. The molecular formula is C11H6BrNO. The number of furan rings is 1. The summed E-state index contributed by atoms with van der Waals surface area (Å²) in [6.07, 6.45) is 1.62. The molecule has 0 aliphatic rings. The van der Waals surface area contributed by atoms with Gasteiger partial charge in [0.2, 0.25) is 0 Å². The zero-order chi connectivity index (χ0) is 9.97. The van der Waals surface area contributed by atoms with Crippen molar-refractivity contribution in [3.63, 3.8) is 0 Å². The summed E-state index contributed by atoms with van der Waals surface area (Å²) in [5, 5.41) is 8.63. The highest BCUT2D eigenvalue weighted by Gasteiger charge is 2.05. The van der Waals surface area contributed by atoms with Gasteiger partial charge in [-0.1, -0.05) is 0 Å². The van der Waals surface area contributed by atoms with Gasteiger partial charge in [-0.2, -0.15) is 5.26 Å². The van der Waals surface area contributed by atoms with Gasteiger partial charge >= 0.3 is 0 Å². The highest BCUT2D eigenvalue weighted by Crippen LogP contribution is 2.28. The number of nitrogens with zero attached hydrogens (tertiary/aromatic N) is 1. The molecule has 0 aliphatic heterocycles. The Morgan fingerprint density at radius 2 is 1.86 bits per heavy atom. The quantitative estimate of drug-likeness (QED) is 0.773. The van der Waals surface area contributed by atoms with Gasteiger partial charge in [-0.25, -0.2) is 0 Å². The second-order valence-corrected chi connectivity index (χ2v) is 3.64. The first-order valence-electron chi connectivity index (χ1n) is 4.05. The summed E-state index contributed by atoms with van der Waals surface area (Å²) < 4.78 is 6.21. The van der Waals surface area contributed by atoms with Crippen LogP contribution in [0, 0.1) is 11.3 Å². The molecule has 68 valence electrons. The molecule has 0 bridgehead atoms. The standard InChI is InChI=1S/C11H6BrNO/c12-10-5-6-14-11(10)9-3-1-8(7-13)2-4-9/h1-6H. The summed E-state index contributed by atoms with van der Waals surface area (Å²) in [6.45, 7) is 0. The minimum atomic E-state index is 0.649. The summed E-state index contributed by atoms with van der Waals surface area (Å²) in [5.74, 6) is 0.787. The first-order valence-corrected chi connectivity index (χ1v) is 4.84. The fourth-order valence-corrected chi connectivity index (χ4v) is 1.63. The van der Waals surface area contributed by atoms with Crippen LogP contribution in [-0.2, 0) is 0 Å². The molecule has 2 rings (SSSR count). The van der Waals surface area contributed by atoms with Crippen molar-refractivity contribution in [1.82, 2.24) is 0 Å². The largest absolute Gasteiger partial charge is 0.463 e. The van der Waals surface area contributed by atoms with E-state index in [9.17, 15) is 0 Å². The highest BCUT2D eigenvalue weighted by molar-refractivity contribution is 9.10. The van der Waals surface area contributed by atoms with Gasteiger partial charge in [0.05, 0.1) is 22.4 Å². The lowest BCUT2D eigenvalue weighted by molar-refractivity contribution is 0.581. The van der Waals surface area contributed by atoms with Crippen molar-refractivity contribution in [2.24, 2.45) is 0 Å². The van der Waals surface area contributed by atoms with Crippen molar-refractivity contribution in [2.75, 3.05) is 0 Å². The normalized spacial score (nSPS) is 9.71. The molecule has 0 fully saturated rings. The Kier molecular flexibility index (Phi) is 2.38. The topological polar surface area (TPSA) is 36.9 Å². The summed E-state index contributed by atoms with van der Waals surface area (Å²) in [4.78, 5) is 0. The maximum absolute atomic E-state index is 8.63. The molecule has 0 amide bonds. The van der Waals surface area contributed by atoms with Crippen LogP contribution in [0.5, 0.6) is 0 Å². The van der Waals surface area contributed by atoms with E-state index in [0.29, 0.717) is 5.56 Å². The number of rotatable bonds is 1. The zero-order valence-electron chi connectivity index (χ0n) is 7.20. The molecule has 2 aromatic rings. The number of halogens is 1. The molecule has 0 unspecified atom stereocenters. The fraction of sp³-hybridized carbons (Fsp3) is 0. The Hall–Kier alpha value is -1.53.